The lowest BCUT2D eigenvalue weighted by Gasteiger charge is -2.06. The van der Waals surface area contributed by atoms with Crippen LogP contribution in [-0.4, -0.2) is 5.91 Å². The van der Waals surface area contributed by atoms with Gasteiger partial charge in [0.05, 0.1) is 9.90 Å². The number of carbonyl (C=O) groups excluding carboxylic acids is 1. The van der Waals surface area contributed by atoms with Crippen molar-refractivity contribution in [2.45, 2.75) is 13.2 Å². The van der Waals surface area contributed by atoms with E-state index in [1.165, 1.54) is 11.3 Å². The zero-order valence-corrected chi connectivity index (χ0v) is 15.5. The monoisotopic (exact) mass is 391 g/mol. The van der Waals surface area contributed by atoms with Gasteiger partial charge in [0.2, 0.25) is 0 Å². The van der Waals surface area contributed by atoms with Crippen LogP contribution in [0.4, 0.5) is 0 Å². The molecule has 0 unspecified atom stereocenters. The van der Waals surface area contributed by atoms with Crippen molar-refractivity contribution in [2.75, 3.05) is 0 Å². The second-order valence-electron chi connectivity index (χ2n) is 5.31. The Morgan fingerprint density at radius 3 is 2.52 bits per heavy atom. The van der Waals surface area contributed by atoms with E-state index < -0.39 is 0 Å². The molecular formula is C19H15Cl2NO2S. The lowest BCUT2D eigenvalue weighted by Crippen LogP contribution is -2.21. The fourth-order valence-electron chi connectivity index (χ4n) is 2.20. The van der Waals surface area contributed by atoms with E-state index in [-0.39, 0.29) is 5.91 Å². The summed E-state index contributed by atoms with van der Waals surface area (Å²) in [6, 6.07) is 16.6. The van der Waals surface area contributed by atoms with Gasteiger partial charge in [0.25, 0.3) is 5.91 Å². The summed E-state index contributed by atoms with van der Waals surface area (Å²) < 4.78 is 5.69. The van der Waals surface area contributed by atoms with Gasteiger partial charge in [-0.3, -0.25) is 4.79 Å². The van der Waals surface area contributed by atoms with Crippen molar-refractivity contribution in [1.29, 1.82) is 0 Å². The molecule has 3 aromatic rings. The first-order chi connectivity index (χ1) is 12.1. The van der Waals surface area contributed by atoms with Crippen molar-refractivity contribution in [3.8, 4) is 5.75 Å². The van der Waals surface area contributed by atoms with Crippen LogP contribution in [0, 0.1) is 0 Å². The third-order valence-corrected chi connectivity index (χ3v) is 5.16. The molecule has 0 aliphatic rings. The van der Waals surface area contributed by atoms with Crippen LogP contribution >= 0.6 is 34.5 Å². The molecule has 0 aliphatic heterocycles. The summed E-state index contributed by atoms with van der Waals surface area (Å²) in [4.78, 5) is 12.9. The Morgan fingerprint density at radius 1 is 1.04 bits per heavy atom. The average Bonchev–Trinajstić information content (AvgIpc) is 3.09. The Balaban J connectivity index is 1.56. The first-order valence-electron chi connectivity index (χ1n) is 7.60. The topological polar surface area (TPSA) is 38.3 Å². The Labute approximate surface area is 160 Å². The SMILES string of the molecule is O=C(NCc1ccccc1Cl)c1cc(COc2ccccc2Cl)cs1. The standard InChI is InChI=1S/C19H15Cl2NO2S/c20-15-6-2-1-5-14(15)10-22-19(23)18-9-13(12-25-18)11-24-17-8-4-3-7-16(17)21/h1-9,12H,10-11H2,(H,22,23). The summed E-state index contributed by atoms with van der Waals surface area (Å²) in [6.07, 6.45) is 0. The molecule has 25 heavy (non-hydrogen) atoms. The maximum Gasteiger partial charge on any atom is 0.261 e. The van der Waals surface area contributed by atoms with Crippen LogP contribution in [0.5, 0.6) is 5.75 Å². The Kier molecular flexibility index (Phi) is 5.97. The summed E-state index contributed by atoms with van der Waals surface area (Å²) in [7, 11) is 0. The second-order valence-corrected chi connectivity index (χ2v) is 7.04. The first-order valence-corrected chi connectivity index (χ1v) is 9.23. The molecule has 0 bridgehead atoms. The minimum atomic E-state index is -0.131. The number of thiophene rings is 1. The third kappa shape index (κ3) is 4.75. The second kappa shape index (κ2) is 8.39. The van der Waals surface area contributed by atoms with Crippen LogP contribution < -0.4 is 10.1 Å². The molecule has 0 spiro atoms. The van der Waals surface area contributed by atoms with Crippen LogP contribution in [-0.2, 0) is 13.2 Å². The molecule has 1 N–H and O–H groups in total. The number of hydrogen-bond donors (Lipinski definition) is 1. The van der Waals surface area contributed by atoms with Crippen LogP contribution in [0.3, 0.4) is 0 Å². The van der Waals surface area contributed by atoms with Crippen LogP contribution in [0.25, 0.3) is 0 Å². The van der Waals surface area contributed by atoms with E-state index >= 15 is 0 Å². The predicted octanol–water partition coefficient (Wildman–Crippen LogP) is 5.56. The smallest absolute Gasteiger partial charge is 0.261 e. The van der Waals surface area contributed by atoms with Gasteiger partial charge >= 0.3 is 0 Å². The lowest BCUT2D eigenvalue weighted by atomic mass is 10.2. The lowest BCUT2D eigenvalue weighted by molar-refractivity contribution is 0.0955. The van der Waals surface area contributed by atoms with Crippen molar-refractivity contribution < 1.29 is 9.53 Å². The van der Waals surface area contributed by atoms with Gasteiger partial charge in [0, 0.05) is 17.1 Å². The minimum absolute atomic E-state index is 0.131. The molecule has 1 amide bonds. The molecule has 0 atom stereocenters. The fraction of sp³-hybridized carbons (Fsp3) is 0.105. The normalized spacial score (nSPS) is 10.5. The van der Waals surface area contributed by atoms with E-state index in [0.717, 1.165) is 11.1 Å². The largest absolute Gasteiger partial charge is 0.487 e. The molecule has 0 saturated heterocycles. The number of rotatable bonds is 6. The van der Waals surface area contributed by atoms with E-state index in [9.17, 15) is 4.79 Å². The summed E-state index contributed by atoms with van der Waals surface area (Å²) >= 11 is 13.5. The molecule has 3 rings (SSSR count). The van der Waals surface area contributed by atoms with Crippen molar-refractivity contribution in [3.63, 3.8) is 0 Å². The molecule has 0 aliphatic carbocycles. The molecule has 6 heteroatoms. The highest BCUT2D eigenvalue weighted by Crippen LogP contribution is 2.25. The molecular weight excluding hydrogens is 377 g/mol. The number of carbonyl (C=O) groups is 1. The maximum absolute atomic E-state index is 12.3. The molecule has 128 valence electrons. The summed E-state index contributed by atoms with van der Waals surface area (Å²) in [6.45, 7) is 0.750. The number of nitrogens with one attached hydrogen (secondary N) is 1. The zero-order valence-electron chi connectivity index (χ0n) is 13.2. The van der Waals surface area contributed by atoms with Gasteiger partial charge in [-0.1, -0.05) is 53.5 Å². The number of ether oxygens (including phenoxy) is 1. The predicted molar refractivity (Wildman–Crippen MR) is 103 cm³/mol. The molecule has 1 heterocycles. The van der Waals surface area contributed by atoms with Crippen molar-refractivity contribution in [2.24, 2.45) is 0 Å². The maximum atomic E-state index is 12.3. The average molecular weight is 392 g/mol. The zero-order chi connectivity index (χ0) is 17.6. The number of para-hydroxylation sites is 1. The van der Waals surface area contributed by atoms with E-state index in [4.69, 9.17) is 27.9 Å². The van der Waals surface area contributed by atoms with E-state index in [1.54, 1.807) is 12.1 Å². The number of hydrogen-bond acceptors (Lipinski definition) is 3. The number of benzene rings is 2. The molecule has 1 aromatic heterocycles. The van der Waals surface area contributed by atoms with Gasteiger partial charge in [-0.05, 0) is 35.2 Å². The Morgan fingerprint density at radius 2 is 1.76 bits per heavy atom. The fourth-order valence-corrected chi connectivity index (χ4v) is 3.40. The minimum Gasteiger partial charge on any atom is -0.487 e. The summed E-state index contributed by atoms with van der Waals surface area (Å²) in [5, 5.41) is 5.99. The number of amides is 1. The molecule has 0 saturated carbocycles. The molecule has 0 fully saturated rings. The third-order valence-electron chi connectivity index (χ3n) is 3.51. The van der Waals surface area contributed by atoms with Gasteiger partial charge in [-0.2, -0.15) is 0 Å². The summed E-state index contributed by atoms with van der Waals surface area (Å²) in [5.41, 5.74) is 1.81. The van der Waals surface area contributed by atoms with Crippen LogP contribution in [0.2, 0.25) is 10.0 Å². The Hall–Kier alpha value is -2.01. The van der Waals surface area contributed by atoms with Crippen LogP contribution in [0.1, 0.15) is 20.8 Å². The van der Waals surface area contributed by atoms with Crippen LogP contribution in [0.15, 0.2) is 60.0 Å². The highest BCUT2D eigenvalue weighted by Gasteiger charge is 2.10. The summed E-state index contributed by atoms with van der Waals surface area (Å²) in [5.74, 6) is 0.494. The van der Waals surface area contributed by atoms with Crippen molar-refractivity contribution in [1.82, 2.24) is 5.32 Å². The molecule has 0 radical (unpaired) electrons. The van der Waals surface area contributed by atoms with E-state index in [2.05, 4.69) is 5.32 Å². The van der Waals surface area contributed by atoms with Gasteiger partial charge in [-0.15, -0.1) is 11.3 Å². The Bertz CT molecular complexity index is 879. The molecule has 2 aromatic carbocycles. The number of halogens is 2. The highest BCUT2D eigenvalue weighted by molar-refractivity contribution is 7.12. The highest BCUT2D eigenvalue weighted by atomic mass is 35.5. The van der Waals surface area contributed by atoms with Gasteiger partial charge in [-0.25, -0.2) is 0 Å². The van der Waals surface area contributed by atoms with Gasteiger partial charge in [0.15, 0.2) is 0 Å². The van der Waals surface area contributed by atoms with Gasteiger partial charge < -0.3 is 10.1 Å². The first kappa shape index (κ1) is 17.8. The van der Waals surface area contributed by atoms with E-state index in [1.807, 2.05) is 47.8 Å². The van der Waals surface area contributed by atoms with Crippen molar-refractivity contribution in [3.05, 3.63) is 86.0 Å². The van der Waals surface area contributed by atoms with E-state index in [0.29, 0.717) is 33.8 Å². The molecule has 3 nitrogen and oxygen atoms in total. The van der Waals surface area contributed by atoms with Crippen molar-refractivity contribution >= 4 is 40.4 Å². The quantitative estimate of drug-likeness (QED) is 0.596. The van der Waals surface area contributed by atoms with Gasteiger partial charge in [0.1, 0.15) is 12.4 Å².